The van der Waals surface area contributed by atoms with Crippen LogP contribution in [0.1, 0.15) is 26.2 Å². The molecule has 0 aromatic heterocycles. The number of carboxylic acids is 1. The molecule has 0 saturated carbocycles. The smallest absolute Gasteiger partial charge is 0.303 e. The number of carboxylic acid groups (broad SMARTS) is 1. The number of nitrogens with zero attached hydrogens (tertiary/aromatic N) is 1. The van der Waals surface area contributed by atoms with Crippen LogP contribution in [0.4, 0.5) is 15.8 Å². The van der Waals surface area contributed by atoms with Gasteiger partial charge in [0.2, 0.25) is 0 Å². The maximum absolute atomic E-state index is 13.2. The zero-order chi connectivity index (χ0) is 15.1. The summed E-state index contributed by atoms with van der Waals surface area (Å²) in [6.45, 7) is 2.43. The minimum atomic E-state index is -0.828. The number of hydrogen-bond acceptors (Lipinski definition) is 4. The average molecular weight is 284 g/mol. The highest BCUT2D eigenvalue weighted by Crippen LogP contribution is 2.20. The fourth-order valence-electron chi connectivity index (χ4n) is 1.76. The van der Waals surface area contributed by atoms with Gasteiger partial charge in [-0.25, -0.2) is 4.39 Å². The lowest BCUT2D eigenvalue weighted by Crippen LogP contribution is -2.08. The van der Waals surface area contributed by atoms with Gasteiger partial charge in [0, 0.05) is 24.7 Å². The second-order valence-corrected chi connectivity index (χ2v) is 4.71. The van der Waals surface area contributed by atoms with Crippen molar-refractivity contribution in [1.29, 1.82) is 0 Å². The second kappa shape index (κ2) is 7.42. The number of anilines is 1. The highest BCUT2D eigenvalue weighted by atomic mass is 19.1. The lowest BCUT2D eigenvalue weighted by atomic mass is 10.0. The summed E-state index contributed by atoms with van der Waals surface area (Å²) in [6, 6.07) is 3.32. The summed E-state index contributed by atoms with van der Waals surface area (Å²) in [7, 11) is 0. The van der Waals surface area contributed by atoms with Gasteiger partial charge < -0.3 is 10.4 Å². The van der Waals surface area contributed by atoms with E-state index < -0.39 is 16.7 Å². The normalized spacial score (nSPS) is 11.9. The molecule has 0 fully saturated rings. The van der Waals surface area contributed by atoms with E-state index in [9.17, 15) is 19.3 Å². The predicted molar refractivity (Wildman–Crippen MR) is 72.2 cm³/mol. The molecule has 0 spiro atoms. The molecule has 1 rings (SSSR count). The zero-order valence-electron chi connectivity index (χ0n) is 11.1. The molecule has 0 amide bonds. The van der Waals surface area contributed by atoms with E-state index in [2.05, 4.69) is 5.32 Å². The van der Waals surface area contributed by atoms with Crippen molar-refractivity contribution in [3.63, 3.8) is 0 Å². The number of benzene rings is 1. The first-order valence-electron chi connectivity index (χ1n) is 6.29. The van der Waals surface area contributed by atoms with Crippen LogP contribution in [-0.2, 0) is 4.79 Å². The topological polar surface area (TPSA) is 92.5 Å². The van der Waals surface area contributed by atoms with Crippen LogP contribution >= 0.6 is 0 Å². The molecule has 20 heavy (non-hydrogen) atoms. The van der Waals surface area contributed by atoms with Crippen molar-refractivity contribution in [3.05, 3.63) is 34.1 Å². The maximum atomic E-state index is 13.2. The molecule has 0 radical (unpaired) electrons. The molecule has 0 aliphatic heterocycles. The Morgan fingerprint density at radius 3 is 2.75 bits per heavy atom. The fourth-order valence-corrected chi connectivity index (χ4v) is 1.76. The Labute approximate surface area is 115 Å². The Morgan fingerprint density at radius 1 is 1.45 bits per heavy atom. The number of carbonyl (C=O) groups is 1. The SMILES string of the molecule is CC(CCNc1cc(F)cc([N+](=O)[O-])c1)CCC(=O)O. The zero-order valence-corrected chi connectivity index (χ0v) is 11.1. The monoisotopic (exact) mass is 284 g/mol. The summed E-state index contributed by atoms with van der Waals surface area (Å²) in [6.07, 6.45) is 1.39. The van der Waals surface area contributed by atoms with Crippen LogP contribution in [0.2, 0.25) is 0 Å². The van der Waals surface area contributed by atoms with Crippen LogP contribution < -0.4 is 5.32 Å². The van der Waals surface area contributed by atoms with Gasteiger partial charge in [0.15, 0.2) is 0 Å². The van der Waals surface area contributed by atoms with Gasteiger partial charge in [-0.2, -0.15) is 0 Å². The Balaban J connectivity index is 2.45. The van der Waals surface area contributed by atoms with Crippen LogP contribution in [0.25, 0.3) is 0 Å². The minimum Gasteiger partial charge on any atom is -0.481 e. The highest BCUT2D eigenvalue weighted by Gasteiger charge is 2.10. The summed E-state index contributed by atoms with van der Waals surface area (Å²) in [5.74, 6) is -1.28. The first-order chi connectivity index (χ1) is 9.38. The second-order valence-electron chi connectivity index (χ2n) is 4.71. The summed E-state index contributed by atoms with van der Waals surface area (Å²) < 4.78 is 13.2. The van der Waals surface area contributed by atoms with Crippen LogP contribution in [0.15, 0.2) is 18.2 Å². The van der Waals surface area contributed by atoms with Gasteiger partial charge in [-0.05, 0) is 24.8 Å². The third kappa shape index (κ3) is 5.64. The predicted octanol–water partition coefficient (Wildman–Crippen LogP) is 3.04. The number of rotatable bonds is 8. The van der Waals surface area contributed by atoms with E-state index >= 15 is 0 Å². The molecule has 0 bridgehead atoms. The number of nitro groups is 1. The first-order valence-corrected chi connectivity index (χ1v) is 6.29. The summed E-state index contributed by atoms with van der Waals surface area (Å²) in [5.41, 5.74) is 0.0496. The van der Waals surface area contributed by atoms with E-state index in [1.165, 1.54) is 12.1 Å². The van der Waals surface area contributed by atoms with E-state index in [-0.39, 0.29) is 18.0 Å². The summed E-state index contributed by atoms with van der Waals surface area (Å²) in [4.78, 5) is 20.4. The Kier molecular flexibility index (Phi) is 5.89. The van der Waals surface area contributed by atoms with Crippen molar-refractivity contribution in [2.45, 2.75) is 26.2 Å². The third-order valence-electron chi connectivity index (χ3n) is 2.91. The Hall–Kier alpha value is -2.18. The number of nitrogens with one attached hydrogen (secondary N) is 1. The van der Waals surface area contributed by atoms with Gasteiger partial charge >= 0.3 is 5.97 Å². The number of hydrogen-bond donors (Lipinski definition) is 2. The molecule has 1 unspecified atom stereocenters. The fraction of sp³-hybridized carbons (Fsp3) is 0.462. The number of nitro benzene ring substituents is 1. The van der Waals surface area contributed by atoms with E-state index in [1.807, 2.05) is 6.92 Å². The van der Waals surface area contributed by atoms with Crippen molar-refractivity contribution in [1.82, 2.24) is 0 Å². The first kappa shape index (κ1) is 15.9. The van der Waals surface area contributed by atoms with Crippen molar-refractivity contribution < 1.29 is 19.2 Å². The van der Waals surface area contributed by atoms with Gasteiger partial charge in [-0.15, -0.1) is 0 Å². The Morgan fingerprint density at radius 2 is 2.15 bits per heavy atom. The average Bonchev–Trinajstić information content (AvgIpc) is 2.35. The van der Waals surface area contributed by atoms with Crippen molar-refractivity contribution >= 4 is 17.3 Å². The molecule has 0 heterocycles. The largest absolute Gasteiger partial charge is 0.481 e. The van der Waals surface area contributed by atoms with Crippen molar-refractivity contribution in [2.75, 3.05) is 11.9 Å². The van der Waals surface area contributed by atoms with Crippen molar-refractivity contribution in [2.24, 2.45) is 5.92 Å². The molecule has 1 atom stereocenters. The minimum absolute atomic E-state index is 0.118. The third-order valence-corrected chi connectivity index (χ3v) is 2.91. The van der Waals surface area contributed by atoms with E-state index in [1.54, 1.807) is 0 Å². The number of aliphatic carboxylic acids is 1. The standard InChI is InChI=1S/C13H17FN2O4/c1-9(2-3-13(17)18)4-5-15-11-6-10(14)7-12(8-11)16(19)20/h6-9,15H,2-5H2,1H3,(H,17,18). The molecular weight excluding hydrogens is 267 g/mol. The maximum Gasteiger partial charge on any atom is 0.303 e. The van der Waals surface area contributed by atoms with Gasteiger partial charge in [0.25, 0.3) is 5.69 Å². The van der Waals surface area contributed by atoms with Crippen LogP contribution in [0.5, 0.6) is 0 Å². The summed E-state index contributed by atoms with van der Waals surface area (Å²) in [5, 5.41) is 22.1. The van der Waals surface area contributed by atoms with E-state index in [0.717, 1.165) is 6.07 Å². The molecule has 0 aliphatic carbocycles. The molecule has 110 valence electrons. The van der Waals surface area contributed by atoms with Gasteiger partial charge in [-0.3, -0.25) is 14.9 Å². The van der Waals surface area contributed by atoms with Gasteiger partial charge in [0.1, 0.15) is 5.82 Å². The van der Waals surface area contributed by atoms with Gasteiger partial charge in [0.05, 0.1) is 11.0 Å². The van der Waals surface area contributed by atoms with Crippen molar-refractivity contribution in [3.8, 4) is 0 Å². The summed E-state index contributed by atoms with van der Waals surface area (Å²) >= 11 is 0. The molecule has 7 heteroatoms. The lowest BCUT2D eigenvalue weighted by Gasteiger charge is -2.11. The number of non-ortho nitro benzene ring substituents is 1. The molecule has 0 aliphatic rings. The molecule has 6 nitrogen and oxygen atoms in total. The quantitative estimate of drug-likeness (QED) is 0.565. The molecule has 0 saturated heterocycles. The van der Waals surface area contributed by atoms with Crippen LogP contribution in [0.3, 0.4) is 0 Å². The highest BCUT2D eigenvalue weighted by molar-refractivity contribution is 5.66. The van der Waals surface area contributed by atoms with Gasteiger partial charge in [-0.1, -0.05) is 6.92 Å². The number of halogens is 1. The Bertz CT molecular complexity index is 493. The molecule has 1 aromatic rings. The van der Waals surface area contributed by atoms with E-state index in [0.29, 0.717) is 25.1 Å². The van der Waals surface area contributed by atoms with E-state index in [4.69, 9.17) is 5.11 Å². The molecule has 2 N–H and O–H groups in total. The molecular formula is C13H17FN2O4. The van der Waals surface area contributed by atoms with Crippen LogP contribution in [0, 0.1) is 21.8 Å². The van der Waals surface area contributed by atoms with Crippen LogP contribution in [-0.4, -0.2) is 22.5 Å². The lowest BCUT2D eigenvalue weighted by molar-refractivity contribution is -0.385. The molecule has 1 aromatic carbocycles.